The summed E-state index contributed by atoms with van der Waals surface area (Å²) >= 11 is 0. The topological polar surface area (TPSA) is 46.5 Å². The average Bonchev–Trinajstić information content (AvgIpc) is 2.38. The van der Waals surface area contributed by atoms with Gasteiger partial charge in [0.15, 0.2) is 0 Å². The molecular weight excluding hydrogens is 304 g/mol. The second-order valence-electron chi connectivity index (χ2n) is 8.37. The van der Waals surface area contributed by atoms with Gasteiger partial charge in [0.1, 0.15) is 0 Å². The molecule has 23 heavy (non-hydrogen) atoms. The van der Waals surface area contributed by atoms with E-state index in [1.807, 2.05) is 0 Å². The Bertz CT molecular complexity index is 407. The van der Waals surface area contributed by atoms with Gasteiger partial charge in [0, 0.05) is 0 Å². The first-order chi connectivity index (χ1) is 10.5. The van der Waals surface area contributed by atoms with Crippen molar-refractivity contribution in [2.45, 2.75) is 90.5 Å². The molecule has 0 amide bonds. The maximum atomic E-state index is 11.2. The molecule has 0 aromatic carbocycles. The van der Waals surface area contributed by atoms with E-state index in [0.29, 0.717) is 22.5 Å². The van der Waals surface area contributed by atoms with Crippen LogP contribution in [0, 0.1) is 11.8 Å². The Morgan fingerprint density at radius 2 is 1.65 bits per heavy atom. The summed E-state index contributed by atoms with van der Waals surface area (Å²) < 4.78 is 6.90. The van der Waals surface area contributed by atoms with Crippen LogP contribution in [0.1, 0.15) is 67.7 Å². The van der Waals surface area contributed by atoms with Crippen LogP contribution in [0.25, 0.3) is 0 Å². The van der Waals surface area contributed by atoms with Crippen LogP contribution in [-0.2, 0) is 9.22 Å². The largest absolute Gasteiger partial charge is 0.481 e. The number of rotatable bonds is 7. The minimum atomic E-state index is -1.96. The first-order valence-corrected chi connectivity index (χ1v) is 11.2. The number of carboxylic acid groups (broad SMARTS) is 1. The summed E-state index contributed by atoms with van der Waals surface area (Å²) in [7, 11) is -1.96. The van der Waals surface area contributed by atoms with E-state index in [0.717, 1.165) is 18.4 Å². The zero-order valence-corrected chi connectivity index (χ0v) is 17.1. The standard InChI is InChI=1S/C19H36O3Si/c1-12(2)23(13(3)4,14(5)6)22-18-10-15(7)9-17(16(18)8)11-19(20)21/h12-15,17-18H,8-11H2,1-7H3,(H,20,21)/t15-,17+,18-/m1/s1. The van der Waals surface area contributed by atoms with Gasteiger partial charge in [-0.2, -0.15) is 0 Å². The van der Waals surface area contributed by atoms with Gasteiger partial charge in [0.2, 0.25) is 8.32 Å². The molecule has 1 fully saturated rings. The van der Waals surface area contributed by atoms with Gasteiger partial charge in [-0.1, -0.05) is 55.0 Å². The van der Waals surface area contributed by atoms with Gasteiger partial charge in [0.25, 0.3) is 0 Å². The predicted molar refractivity (Wildman–Crippen MR) is 99.2 cm³/mol. The van der Waals surface area contributed by atoms with Gasteiger partial charge in [0.05, 0.1) is 12.5 Å². The van der Waals surface area contributed by atoms with E-state index in [-0.39, 0.29) is 18.4 Å². The van der Waals surface area contributed by atoms with Crippen LogP contribution in [0.4, 0.5) is 0 Å². The fraction of sp³-hybridized carbons (Fsp3) is 0.842. The SMILES string of the molecule is C=C1[C@H](CC(=O)O)C[C@@H](C)C[C@H]1O[Si](C(C)C)(C(C)C)C(C)C. The van der Waals surface area contributed by atoms with Crippen LogP contribution in [0.5, 0.6) is 0 Å². The minimum Gasteiger partial charge on any atom is -0.481 e. The molecule has 0 radical (unpaired) electrons. The van der Waals surface area contributed by atoms with Crippen LogP contribution >= 0.6 is 0 Å². The molecule has 0 bridgehead atoms. The van der Waals surface area contributed by atoms with Crippen molar-refractivity contribution in [1.29, 1.82) is 0 Å². The van der Waals surface area contributed by atoms with Crippen molar-refractivity contribution in [2.75, 3.05) is 0 Å². The average molecular weight is 341 g/mol. The third-order valence-electron chi connectivity index (χ3n) is 5.72. The van der Waals surface area contributed by atoms with E-state index < -0.39 is 14.3 Å². The zero-order chi connectivity index (χ0) is 17.9. The summed E-state index contributed by atoms with van der Waals surface area (Å²) in [5.74, 6) is -0.184. The fourth-order valence-electron chi connectivity index (χ4n) is 4.72. The molecule has 1 rings (SSSR count). The van der Waals surface area contributed by atoms with Gasteiger partial charge >= 0.3 is 5.97 Å². The van der Waals surface area contributed by atoms with Crippen molar-refractivity contribution in [1.82, 2.24) is 0 Å². The van der Waals surface area contributed by atoms with E-state index in [2.05, 4.69) is 55.0 Å². The number of hydrogen-bond donors (Lipinski definition) is 1. The van der Waals surface area contributed by atoms with Crippen LogP contribution < -0.4 is 0 Å². The lowest BCUT2D eigenvalue weighted by molar-refractivity contribution is -0.138. The molecule has 134 valence electrons. The molecule has 1 N–H and O–H groups in total. The molecule has 1 saturated carbocycles. The quantitative estimate of drug-likeness (QED) is 0.483. The van der Waals surface area contributed by atoms with Gasteiger partial charge < -0.3 is 9.53 Å². The monoisotopic (exact) mass is 340 g/mol. The molecule has 0 saturated heterocycles. The fourth-order valence-corrected chi connectivity index (χ4v) is 10.3. The first-order valence-electron chi connectivity index (χ1n) is 9.10. The summed E-state index contributed by atoms with van der Waals surface area (Å²) in [4.78, 5) is 11.2. The van der Waals surface area contributed by atoms with Crippen LogP contribution in [-0.4, -0.2) is 25.5 Å². The van der Waals surface area contributed by atoms with E-state index >= 15 is 0 Å². The molecule has 3 atom stereocenters. The summed E-state index contributed by atoms with van der Waals surface area (Å²) in [6.07, 6.45) is 2.12. The smallest absolute Gasteiger partial charge is 0.303 e. The van der Waals surface area contributed by atoms with E-state index in [1.165, 1.54) is 0 Å². The molecule has 0 aromatic rings. The lowest BCUT2D eigenvalue weighted by atomic mass is 9.76. The van der Waals surface area contributed by atoms with E-state index in [1.54, 1.807) is 0 Å². The van der Waals surface area contributed by atoms with Crippen LogP contribution in [0.15, 0.2) is 12.2 Å². The Hall–Kier alpha value is -0.613. The van der Waals surface area contributed by atoms with Crippen molar-refractivity contribution in [3.63, 3.8) is 0 Å². The summed E-state index contributed by atoms with van der Waals surface area (Å²) in [6.45, 7) is 20.2. The highest BCUT2D eigenvalue weighted by atomic mass is 28.4. The zero-order valence-electron chi connectivity index (χ0n) is 16.1. The van der Waals surface area contributed by atoms with Crippen molar-refractivity contribution >= 4 is 14.3 Å². The Kier molecular flexibility index (Phi) is 7.08. The second kappa shape index (κ2) is 7.97. The third kappa shape index (κ3) is 4.47. The normalized spacial score (nSPS) is 26.3. The number of hydrogen-bond acceptors (Lipinski definition) is 2. The highest BCUT2D eigenvalue weighted by molar-refractivity contribution is 6.77. The highest BCUT2D eigenvalue weighted by Crippen LogP contribution is 2.46. The predicted octanol–water partition coefficient (Wildman–Crippen LogP) is 5.62. The molecular formula is C19H36O3Si. The maximum Gasteiger partial charge on any atom is 0.303 e. The molecule has 0 spiro atoms. The number of aliphatic carboxylic acids is 1. The van der Waals surface area contributed by atoms with E-state index in [9.17, 15) is 9.90 Å². The van der Waals surface area contributed by atoms with Crippen molar-refractivity contribution < 1.29 is 14.3 Å². The molecule has 4 heteroatoms. The van der Waals surface area contributed by atoms with E-state index in [4.69, 9.17) is 4.43 Å². The van der Waals surface area contributed by atoms with Gasteiger partial charge in [-0.3, -0.25) is 4.79 Å². The third-order valence-corrected chi connectivity index (χ3v) is 11.8. The van der Waals surface area contributed by atoms with Gasteiger partial charge in [-0.05, 0) is 46.9 Å². The Morgan fingerprint density at radius 3 is 2.04 bits per heavy atom. The molecule has 0 unspecified atom stereocenters. The Balaban J connectivity index is 3.06. The summed E-state index contributed by atoms with van der Waals surface area (Å²) in [5, 5.41) is 9.18. The molecule has 1 aliphatic carbocycles. The number of carboxylic acids is 1. The molecule has 3 nitrogen and oxygen atoms in total. The number of carbonyl (C=O) groups is 1. The van der Waals surface area contributed by atoms with Crippen molar-refractivity contribution in [3.05, 3.63) is 12.2 Å². The maximum absolute atomic E-state index is 11.2. The summed E-state index contributed by atoms with van der Waals surface area (Å²) in [5.41, 5.74) is 2.62. The second-order valence-corrected chi connectivity index (χ2v) is 13.8. The molecule has 0 heterocycles. The summed E-state index contributed by atoms with van der Waals surface area (Å²) in [6, 6.07) is 0. The van der Waals surface area contributed by atoms with Crippen LogP contribution in [0.3, 0.4) is 0 Å². The minimum absolute atomic E-state index is 0.0296. The van der Waals surface area contributed by atoms with Crippen molar-refractivity contribution in [3.8, 4) is 0 Å². The van der Waals surface area contributed by atoms with Crippen molar-refractivity contribution in [2.24, 2.45) is 11.8 Å². The molecule has 1 aliphatic rings. The van der Waals surface area contributed by atoms with Gasteiger partial charge in [-0.15, -0.1) is 0 Å². The lowest BCUT2D eigenvalue weighted by Gasteiger charge is -2.47. The molecule has 0 aliphatic heterocycles. The Morgan fingerprint density at radius 1 is 1.17 bits per heavy atom. The lowest BCUT2D eigenvalue weighted by Crippen LogP contribution is -2.51. The highest BCUT2D eigenvalue weighted by Gasteiger charge is 2.48. The Labute approximate surface area is 143 Å². The van der Waals surface area contributed by atoms with Gasteiger partial charge in [-0.25, -0.2) is 0 Å². The first kappa shape index (κ1) is 20.4. The molecule has 0 aromatic heterocycles. The van der Waals surface area contributed by atoms with Crippen LogP contribution in [0.2, 0.25) is 16.6 Å².